The monoisotopic (exact) mass is 426 g/mol. The number of anilines is 1. The minimum Gasteiger partial charge on any atom is -0.457 e. The van der Waals surface area contributed by atoms with Crippen LogP contribution in [0.2, 0.25) is 5.02 Å². The SMILES string of the molecule is CSc1ccc(Cl)c(C(=O)Nc2nc3ccc(Oc4ccccc4)cc3s2)c1. The van der Waals surface area contributed by atoms with Crippen molar-refractivity contribution in [3.63, 3.8) is 0 Å². The largest absolute Gasteiger partial charge is 0.457 e. The Bertz CT molecular complexity index is 1150. The molecule has 1 aromatic heterocycles. The zero-order valence-electron chi connectivity index (χ0n) is 14.8. The summed E-state index contributed by atoms with van der Waals surface area (Å²) in [5.41, 5.74) is 1.23. The highest BCUT2D eigenvalue weighted by Crippen LogP contribution is 2.32. The topological polar surface area (TPSA) is 51.2 Å². The van der Waals surface area contributed by atoms with E-state index in [4.69, 9.17) is 16.3 Å². The number of aromatic nitrogens is 1. The molecule has 0 saturated heterocycles. The van der Waals surface area contributed by atoms with Gasteiger partial charge < -0.3 is 4.74 Å². The fraction of sp³-hybridized carbons (Fsp3) is 0.0476. The van der Waals surface area contributed by atoms with E-state index in [-0.39, 0.29) is 5.91 Å². The third-order valence-corrected chi connectivity index (χ3v) is 5.97. The zero-order chi connectivity index (χ0) is 19.5. The molecule has 0 radical (unpaired) electrons. The summed E-state index contributed by atoms with van der Waals surface area (Å²) in [6, 6.07) is 20.6. The second kappa shape index (κ2) is 8.22. The van der Waals surface area contributed by atoms with Gasteiger partial charge in [-0.25, -0.2) is 4.98 Å². The molecule has 0 spiro atoms. The van der Waals surface area contributed by atoms with E-state index in [1.807, 2.05) is 60.9 Å². The van der Waals surface area contributed by atoms with Gasteiger partial charge in [0.1, 0.15) is 11.5 Å². The van der Waals surface area contributed by atoms with Gasteiger partial charge in [0.25, 0.3) is 5.91 Å². The number of amides is 1. The number of ether oxygens (including phenoxy) is 1. The molecule has 0 aliphatic carbocycles. The summed E-state index contributed by atoms with van der Waals surface area (Å²) in [6.07, 6.45) is 1.95. The number of thiazole rings is 1. The number of halogens is 1. The Kier molecular flexibility index (Phi) is 5.52. The maximum Gasteiger partial charge on any atom is 0.258 e. The van der Waals surface area contributed by atoms with Gasteiger partial charge in [-0.2, -0.15) is 0 Å². The molecule has 4 aromatic rings. The fourth-order valence-electron chi connectivity index (χ4n) is 2.62. The number of thioether (sulfide) groups is 1. The number of hydrogen-bond acceptors (Lipinski definition) is 5. The van der Waals surface area contributed by atoms with Gasteiger partial charge in [-0.05, 0) is 48.7 Å². The van der Waals surface area contributed by atoms with E-state index in [2.05, 4.69) is 10.3 Å². The molecule has 7 heteroatoms. The van der Waals surface area contributed by atoms with Gasteiger partial charge in [-0.1, -0.05) is 41.1 Å². The normalized spacial score (nSPS) is 10.8. The van der Waals surface area contributed by atoms with Crippen LogP contribution >= 0.6 is 34.7 Å². The average Bonchev–Trinajstić information content (AvgIpc) is 3.10. The van der Waals surface area contributed by atoms with Crippen molar-refractivity contribution in [1.82, 2.24) is 4.98 Å². The Morgan fingerprint density at radius 2 is 1.89 bits per heavy atom. The van der Waals surface area contributed by atoms with Crippen molar-refractivity contribution in [1.29, 1.82) is 0 Å². The molecule has 0 atom stereocenters. The first-order valence-electron chi connectivity index (χ1n) is 8.41. The molecule has 3 aromatic carbocycles. The van der Waals surface area contributed by atoms with Crippen molar-refractivity contribution in [2.24, 2.45) is 0 Å². The molecule has 1 amide bonds. The standard InChI is InChI=1S/C21H15ClN2O2S2/c1-27-15-8-9-17(22)16(12-15)20(25)24-21-23-18-10-7-14(11-19(18)28-21)26-13-5-3-2-4-6-13/h2-12H,1H3,(H,23,24,25). The maximum absolute atomic E-state index is 12.6. The lowest BCUT2D eigenvalue weighted by molar-refractivity contribution is 0.102. The number of carbonyl (C=O) groups is 1. The number of rotatable bonds is 5. The summed E-state index contributed by atoms with van der Waals surface area (Å²) in [5.74, 6) is 1.21. The van der Waals surface area contributed by atoms with Gasteiger partial charge in [-0.3, -0.25) is 10.1 Å². The molecule has 28 heavy (non-hydrogen) atoms. The second-order valence-corrected chi connectivity index (χ2v) is 8.18. The van der Waals surface area contributed by atoms with Crippen molar-refractivity contribution in [2.45, 2.75) is 4.90 Å². The summed E-state index contributed by atoms with van der Waals surface area (Å²) in [6.45, 7) is 0. The third-order valence-electron chi connectivity index (χ3n) is 3.98. The third kappa shape index (κ3) is 4.14. The molecule has 0 saturated carbocycles. The lowest BCUT2D eigenvalue weighted by Gasteiger charge is -2.05. The van der Waals surface area contributed by atoms with E-state index in [9.17, 15) is 4.79 Å². The van der Waals surface area contributed by atoms with E-state index < -0.39 is 0 Å². The van der Waals surface area contributed by atoms with Crippen LogP contribution in [0.1, 0.15) is 10.4 Å². The van der Waals surface area contributed by atoms with Crippen LogP contribution in [0, 0.1) is 0 Å². The van der Waals surface area contributed by atoms with E-state index in [1.165, 1.54) is 11.3 Å². The Morgan fingerprint density at radius 3 is 2.68 bits per heavy atom. The lowest BCUT2D eigenvalue weighted by Crippen LogP contribution is -2.12. The number of para-hydroxylation sites is 1. The van der Waals surface area contributed by atoms with E-state index >= 15 is 0 Å². The predicted octanol–water partition coefficient (Wildman–Crippen LogP) is 6.72. The Hall–Kier alpha value is -2.54. The molecule has 140 valence electrons. The minimum atomic E-state index is -0.277. The van der Waals surface area contributed by atoms with Gasteiger partial charge in [0.2, 0.25) is 0 Å². The molecule has 0 bridgehead atoms. The van der Waals surface area contributed by atoms with Gasteiger partial charge in [0.05, 0.1) is 20.8 Å². The van der Waals surface area contributed by atoms with E-state index in [0.717, 1.165) is 26.6 Å². The van der Waals surface area contributed by atoms with Crippen LogP contribution < -0.4 is 10.1 Å². The Balaban J connectivity index is 1.55. The molecule has 1 heterocycles. The summed E-state index contributed by atoms with van der Waals surface area (Å²) in [5, 5.41) is 3.77. The van der Waals surface area contributed by atoms with Crippen LogP contribution in [0.25, 0.3) is 10.2 Å². The molecule has 4 rings (SSSR count). The van der Waals surface area contributed by atoms with E-state index in [1.54, 1.807) is 23.9 Å². The molecule has 0 aliphatic heterocycles. The van der Waals surface area contributed by atoms with Crippen LogP contribution in [0.3, 0.4) is 0 Å². The van der Waals surface area contributed by atoms with Crippen LogP contribution in [0.15, 0.2) is 71.6 Å². The van der Waals surface area contributed by atoms with Crippen LogP contribution in [-0.4, -0.2) is 17.1 Å². The highest BCUT2D eigenvalue weighted by atomic mass is 35.5. The lowest BCUT2D eigenvalue weighted by atomic mass is 10.2. The molecule has 0 aliphatic rings. The number of hydrogen-bond donors (Lipinski definition) is 1. The molecular formula is C21H15ClN2O2S2. The molecule has 0 unspecified atom stereocenters. The first-order valence-corrected chi connectivity index (χ1v) is 10.8. The van der Waals surface area contributed by atoms with Gasteiger partial charge >= 0.3 is 0 Å². The molecular weight excluding hydrogens is 412 g/mol. The maximum atomic E-state index is 12.6. The first kappa shape index (κ1) is 18.8. The summed E-state index contributed by atoms with van der Waals surface area (Å²) in [4.78, 5) is 18.1. The van der Waals surface area contributed by atoms with Crippen LogP contribution in [-0.2, 0) is 0 Å². The van der Waals surface area contributed by atoms with Crippen molar-refractivity contribution in [3.8, 4) is 11.5 Å². The smallest absolute Gasteiger partial charge is 0.258 e. The van der Waals surface area contributed by atoms with Crippen molar-refractivity contribution < 1.29 is 9.53 Å². The van der Waals surface area contributed by atoms with E-state index in [0.29, 0.717) is 15.7 Å². The number of fused-ring (bicyclic) bond motifs is 1. The van der Waals surface area contributed by atoms with Gasteiger partial charge in [0, 0.05) is 11.0 Å². The highest BCUT2D eigenvalue weighted by Gasteiger charge is 2.14. The molecule has 0 fully saturated rings. The highest BCUT2D eigenvalue weighted by molar-refractivity contribution is 7.98. The fourth-order valence-corrected chi connectivity index (χ4v) is 4.15. The van der Waals surface area contributed by atoms with Crippen molar-refractivity contribution >= 4 is 56.0 Å². The predicted molar refractivity (Wildman–Crippen MR) is 117 cm³/mol. The number of carbonyl (C=O) groups excluding carboxylic acids is 1. The van der Waals surface area contributed by atoms with Crippen molar-refractivity contribution in [2.75, 3.05) is 11.6 Å². The number of nitrogens with zero attached hydrogens (tertiary/aromatic N) is 1. The quantitative estimate of drug-likeness (QED) is 0.360. The minimum absolute atomic E-state index is 0.277. The Morgan fingerprint density at radius 1 is 1.07 bits per heavy atom. The average molecular weight is 427 g/mol. The van der Waals surface area contributed by atoms with Crippen LogP contribution in [0.5, 0.6) is 11.5 Å². The van der Waals surface area contributed by atoms with Crippen molar-refractivity contribution in [3.05, 3.63) is 77.3 Å². The number of nitrogens with one attached hydrogen (secondary N) is 1. The molecule has 4 nitrogen and oxygen atoms in total. The zero-order valence-corrected chi connectivity index (χ0v) is 17.2. The first-order chi connectivity index (χ1) is 13.6. The summed E-state index contributed by atoms with van der Waals surface area (Å²) >= 11 is 9.13. The number of benzene rings is 3. The van der Waals surface area contributed by atoms with Gasteiger partial charge in [-0.15, -0.1) is 11.8 Å². The Labute approximate surface area is 175 Å². The van der Waals surface area contributed by atoms with Crippen LogP contribution in [0.4, 0.5) is 5.13 Å². The molecule has 1 N–H and O–H groups in total. The summed E-state index contributed by atoms with van der Waals surface area (Å²) in [7, 11) is 0. The summed E-state index contributed by atoms with van der Waals surface area (Å²) < 4.78 is 6.78. The second-order valence-electron chi connectivity index (χ2n) is 5.86. The van der Waals surface area contributed by atoms with Gasteiger partial charge in [0.15, 0.2) is 5.13 Å².